The molecule has 20 heavy (non-hydrogen) atoms. The van der Waals surface area contributed by atoms with E-state index in [0.717, 1.165) is 19.3 Å². The predicted molar refractivity (Wildman–Crippen MR) is 82.3 cm³/mol. The molecule has 0 aliphatic heterocycles. The van der Waals surface area contributed by atoms with Gasteiger partial charge in [0.2, 0.25) is 0 Å². The fourth-order valence-electron chi connectivity index (χ4n) is 2.43. The van der Waals surface area contributed by atoms with Crippen molar-refractivity contribution in [3.8, 4) is 0 Å². The van der Waals surface area contributed by atoms with Crippen LogP contribution in [0.1, 0.15) is 28.8 Å². The summed E-state index contributed by atoms with van der Waals surface area (Å²) < 4.78 is 1.92. The van der Waals surface area contributed by atoms with Crippen molar-refractivity contribution in [2.45, 2.75) is 39.2 Å². The SMILES string of the molecule is Cc1ccc(CC(CCc2ccnn2C)NN)cc1C. The lowest BCUT2D eigenvalue weighted by Gasteiger charge is -2.16. The number of nitrogens with one attached hydrogen (secondary N) is 1. The fourth-order valence-corrected chi connectivity index (χ4v) is 2.43. The number of nitrogens with two attached hydrogens (primary N) is 1. The number of hydrazine groups is 1. The smallest absolute Gasteiger partial charge is 0.0492 e. The van der Waals surface area contributed by atoms with Gasteiger partial charge in [-0.15, -0.1) is 0 Å². The maximum absolute atomic E-state index is 5.69. The van der Waals surface area contributed by atoms with E-state index in [2.05, 4.69) is 48.6 Å². The molecular weight excluding hydrogens is 248 g/mol. The highest BCUT2D eigenvalue weighted by Crippen LogP contribution is 2.13. The third-order valence-corrected chi connectivity index (χ3v) is 3.96. The molecule has 4 heteroatoms. The molecule has 0 saturated heterocycles. The summed E-state index contributed by atoms with van der Waals surface area (Å²) >= 11 is 0. The molecule has 1 heterocycles. The molecule has 0 aliphatic carbocycles. The topological polar surface area (TPSA) is 55.9 Å². The van der Waals surface area contributed by atoms with Gasteiger partial charge in [0, 0.05) is 25.0 Å². The first-order chi connectivity index (χ1) is 9.60. The Hall–Kier alpha value is -1.65. The molecule has 4 nitrogen and oxygen atoms in total. The maximum Gasteiger partial charge on any atom is 0.0492 e. The molecule has 1 aromatic carbocycles. The van der Waals surface area contributed by atoms with Crippen LogP contribution < -0.4 is 11.3 Å². The second kappa shape index (κ2) is 6.68. The van der Waals surface area contributed by atoms with Crippen molar-refractivity contribution in [2.75, 3.05) is 0 Å². The summed E-state index contributed by atoms with van der Waals surface area (Å²) in [5, 5.41) is 4.19. The lowest BCUT2D eigenvalue weighted by atomic mass is 9.98. The van der Waals surface area contributed by atoms with E-state index in [1.165, 1.54) is 22.4 Å². The first-order valence-corrected chi connectivity index (χ1v) is 7.09. The molecule has 2 rings (SSSR count). The van der Waals surface area contributed by atoms with Gasteiger partial charge in [-0.3, -0.25) is 16.0 Å². The Kier molecular flexibility index (Phi) is 4.93. The molecule has 0 radical (unpaired) electrons. The Morgan fingerprint density at radius 2 is 2.05 bits per heavy atom. The van der Waals surface area contributed by atoms with Crippen molar-refractivity contribution in [3.05, 3.63) is 52.8 Å². The fraction of sp³-hybridized carbons (Fsp3) is 0.438. The molecular formula is C16H24N4. The van der Waals surface area contributed by atoms with Gasteiger partial charge in [0.05, 0.1) is 0 Å². The van der Waals surface area contributed by atoms with Crippen LogP contribution in [-0.2, 0) is 19.9 Å². The van der Waals surface area contributed by atoms with Crippen LogP contribution in [0.3, 0.4) is 0 Å². The van der Waals surface area contributed by atoms with E-state index in [1.807, 2.05) is 17.9 Å². The van der Waals surface area contributed by atoms with Crippen LogP contribution in [0.25, 0.3) is 0 Å². The summed E-state index contributed by atoms with van der Waals surface area (Å²) in [5.41, 5.74) is 8.18. The number of aromatic nitrogens is 2. The molecule has 0 bridgehead atoms. The average Bonchev–Trinajstić information content (AvgIpc) is 2.84. The molecule has 0 fully saturated rings. The zero-order valence-corrected chi connectivity index (χ0v) is 12.6. The predicted octanol–water partition coefficient (Wildman–Crippen LogP) is 2.04. The Morgan fingerprint density at radius 3 is 2.65 bits per heavy atom. The standard InChI is InChI=1S/C16H24N4/c1-12-4-5-14(10-13(12)2)11-15(19-17)6-7-16-8-9-18-20(16)3/h4-5,8-10,15,19H,6-7,11,17H2,1-3H3. The minimum atomic E-state index is 0.284. The summed E-state index contributed by atoms with van der Waals surface area (Å²) in [6.45, 7) is 4.29. The minimum absolute atomic E-state index is 0.284. The van der Waals surface area contributed by atoms with Crippen LogP contribution in [0.2, 0.25) is 0 Å². The van der Waals surface area contributed by atoms with E-state index in [4.69, 9.17) is 5.84 Å². The Bertz CT molecular complexity index is 559. The molecule has 0 amide bonds. The van der Waals surface area contributed by atoms with Gasteiger partial charge in [0.25, 0.3) is 0 Å². The zero-order chi connectivity index (χ0) is 14.5. The summed E-state index contributed by atoms with van der Waals surface area (Å²) in [6.07, 6.45) is 4.78. The van der Waals surface area contributed by atoms with Crippen LogP contribution in [0.5, 0.6) is 0 Å². The molecule has 0 spiro atoms. The molecule has 1 atom stereocenters. The van der Waals surface area contributed by atoms with E-state index in [1.54, 1.807) is 0 Å². The van der Waals surface area contributed by atoms with Crippen molar-refractivity contribution in [3.63, 3.8) is 0 Å². The summed E-state index contributed by atoms with van der Waals surface area (Å²) in [4.78, 5) is 0. The highest BCUT2D eigenvalue weighted by molar-refractivity contribution is 5.30. The summed E-state index contributed by atoms with van der Waals surface area (Å²) in [6, 6.07) is 8.97. The highest BCUT2D eigenvalue weighted by atomic mass is 15.3. The summed E-state index contributed by atoms with van der Waals surface area (Å²) in [7, 11) is 1.98. The monoisotopic (exact) mass is 272 g/mol. The maximum atomic E-state index is 5.69. The molecule has 108 valence electrons. The van der Waals surface area contributed by atoms with Gasteiger partial charge in [0.1, 0.15) is 0 Å². The molecule has 1 unspecified atom stereocenters. The first kappa shape index (κ1) is 14.8. The number of nitrogens with zero attached hydrogens (tertiary/aromatic N) is 2. The van der Waals surface area contributed by atoms with Crippen LogP contribution >= 0.6 is 0 Å². The van der Waals surface area contributed by atoms with Gasteiger partial charge in [0.15, 0.2) is 0 Å². The normalized spacial score (nSPS) is 12.6. The van der Waals surface area contributed by atoms with Crippen LogP contribution in [0, 0.1) is 13.8 Å². The Morgan fingerprint density at radius 1 is 1.25 bits per heavy atom. The van der Waals surface area contributed by atoms with E-state index in [9.17, 15) is 0 Å². The van der Waals surface area contributed by atoms with Gasteiger partial charge >= 0.3 is 0 Å². The van der Waals surface area contributed by atoms with Gasteiger partial charge in [-0.25, -0.2) is 0 Å². The van der Waals surface area contributed by atoms with Gasteiger partial charge < -0.3 is 0 Å². The number of rotatable bonds is 6. The second-order valence-electron chi connectivity index (χ2n) is 5.47. The lowest BCUT2D eigenvalue weighted by Crippen LogP contribution is -2.37. The number of hydrogen-bond donors (Lipinski definition) is 2. The number of benzene rings is 1. The number of hydrogen-bond acceptors (Lipinski definition) is 3. The Labute approximate surface area is 121 Å². The average molecular weight is 272 g/mol. The summed E-state index contributed by atoms with van der Waals surface area (Å²) in [5.74, 6) is 5.69. The minimum Gasteiger partial charge on any atom is -0.273 e. The highest BCUT2D eigenvalue weighted by Gasteiger charge is 2.10. The van der Waals surface area contributed by atoms with Crippen molar-refractivity contribution in [2.24, 2.45) is 12.9 Å². The van der Waals surface area contributed by atoms with Gasteiger partial charge in [-0.05, 0) is 55.9 Å². The van der Waals surface area contributed by atoms with Crippen molar-refractivity contribution in [1.82, 2.24) is 15.2 Å². The van der Waals surface area contributed by atoms with Crippen molar-refractivity contribution < 1.29 is 0 Å². The zero-order valence-electron chi connectivity index (χ0n) is 12.6. The van der Waals surface area contributed by atoms with E-state index in [-0.39, 0.29) is 6.04 Å². The number of aryl methyl sites for hydroxylation is 4. The van der Waals surface area contributed by atoms with E-state index >= 15 is 0 Å². The third-order valence-electron chi connectivity index (χ3n) is 3.96. The molecule has 1 aromatic heterocycles. The van der Waals surface area contributed by atoms with E-state index < -0.39 is 0 Å². The van der Waals surface area contributed by atoms with Gasteiger partial charge in [-0.1, -0.05) is 18.2 Å². The van der Waals surface area contributed by atoms with Crippen molar-refractivity contribution in [1.29, 1.82) is 0 Å². The molecule has 0 aliphatic rings. The Balaban J connectivity index is 1.95. The van der Waals surface area contributed by atoms with Crippen molar-refractivity contribution >= 4 is 0 Å². The molecule has 3 N–H and O–H groups in total. The molecule has 2 aromatic rings. The molecule has 0 saturated carbocycles. The second-order valence-corrected chi connectivity index (χ2v) is 5.47. The van der Waals surface area contributed by atoms with Crippen LogP contribution in [-0.4, -0.2) is 15.8 Å². The van der Waals surface area contributed by atoms with Gasteiger partial charge in [-0.2, -0.15) is 5.10 Å². The lowest BCUT2D eigenvalue weighted by molar-refractivity contribution is 0.484. The van der Waals surface area contributed by atoms with E-state index in [0.29, 0.717) is 0 Å². The third kappa shape index (κ3) is 3.68. The largest absolute Gasteiger partial charge is 0.273 e. The van der Waals surface area contributed by atoms with Crippen LogP contribution in [0.15, 0.2) is 30.5 Å². The first-order valence-electron chi connectivity index (χ1n) is 7.09. The van der Waals surface area contributed by atoms with Crippen LogP contribution in [0.4, 0.5) is 0 Å². The quantitative estimate of drug-likeness (QED) is 0.625.